The summed E-state index contributed by atoms with van der Waals surface area (Å²) in [7, 11) is 0. The standard InChI is InChI=1S/C20H25N5O3/c1-13-10-16(28-23-13)15-11-22-18-21-7-9-25(18)17(15)14-6-5-8-24(12-14)19(26)27-20(2,3)4/h7,9-11,14H,5-6,8,12H2,1-4H3. The van der Waals surface area contributed by atoms with Crippen molar-refractivity contribution in [3.8, 4) is 11.3 Å². The zero-order valence-corrected chi connectivity index (χ0v) is 16.7. The Kier molecular flexibility index (Phi) is 4.56. The van der Waals surface area contributed by atoms with E-state index in [4.69, 9.17) is 9.26 Å². The molecule has 1 amide bonds. The summed E-state index contributed by atoms with van der Waals surface area (Å²) in [5.41, 5.74) is 2.21. The lowest BCUT2D eigenvalue weighted by Gasteiger charge is -2.34. The van der Waals surface area contributed by atoms with E-state index in [1.54, 1.807) is 17.3 Å². The Balaban J connectivity index is 1.71. The second-order valence-corrected chi connectivity index (χ2v) is 8.25. The Morgan fingerprint density at radius 2 is 2.14 bits per heavy atom. The number of hydrogen-bond donors (Lipinski definition) is 0. The average Bonchev–Trinajstić information content (AvgIpc) is 3.28. The maximum absolute atomic E-state index is 12.6. The molecule has 4 heterocycles. The topological polar surface area (TPSA) is 85.8 Å². The molecule has 0 aliphatic carbocycles. The smallest absolute Gasteiger partial charge is 0.410 e. The summed E-state index contributed by atoms with van der Waals surface area (Å²) in [4.78, 5) is 23.2. The third kappa shape index (κ3) is 3.58. The van der Waals surface area contributed by atoms with Crippen LogP contribution < -0.4 is 0 Å². The van der Waals surface area contributed by atoms with Crippen LogP contribution in [0.25, 0.3) is 17.1 Å². The summed E-state index contributed by atoms with van der Waals surface area (Å²) >= 11 is 0. The van der Waals surface area contributed by atoms with Gasteiger partial charge >= 0.3 is 6.09 Å². The van der Waals surface area contributed by atoms with Crippen molar-refractivity contribution < 1.29 is 14.1 Å². The summed E-state index contributed by atoms with van der Waals surface area (Å²) in [5, 5.41) is 4.02. The molecule has 8 heteroatoms. The number of hydrogen-bond acceptors (Lipinski definition) is 6. The number of aryl methyl sites for hydroxylation is 1. The van der Waals surface area contributed by atoms with E-state index in [0.717, 1.165) is 29.8 Å². The molecular formula is C20H25N5O3. The number of imidazole rings is 1. The van der Waals surface area contributed by atoms with Crippen LogP contribution in [0.1, 0.15) is 50.9 Å². The number of amides is 1. The number of carbonyl (C=O) groups excluding carboxylic acids is 1. The Morgan fingerprint density at radius 1 is 1.32 bits per heavy atom. The molecule has 0 N–H and O–H groups in total. The molecule has 1 saturated heterocycles. The Morgan fingerprint density at radius 3 is 2.86 bits per heavy atom. The second-order valence-electron chi connectivity index (χ2n) is 8.25. The minimum atomic E-state index is -0.513. The van der Waals surface area contributed by atoms with Gasteiger partial charge in [0.25, 0.3) is 0 Å². The predicted molar refractivity (Wildman–Crippen MR) is 103 cm³/mol. The fourth-order valence-electron chi connectivity index (χ4n) is 3.69. The van der Waals surface area contributed by atoms with Gasteiger partial charge in [-0.2, -0.15) is 0 Å². The Hall–Kier alpha value is -2.90. The fraction of sp³-hybridized carbons (Fsp3) is 0.500. The monoisotopic (exact) mass is 383 g/mol. The van der Waals surface area contributed by atoms with Gasteiger partial charge in [0.1, 0.15) is 5.60 Å². The van der Waals surface area contributed by atoms with Gasteiger partial charge in [-0.05, 0) is 40.5 Å². The van der Waals surface area contributed by atoms with Crippen molar-refractivity contribution in [2.45, 2.75) is 52.1 Å². The fourth-order valence-corrected chi connectivity index (χ4v) is 3.69. The largest absolute Gasteiger partial charge is 0.444 e. The van der Waals surface area contributed by atoms with Crippen LogP contribution in [0.15, 0.2) is 29.2 Å². The number of carbonyl (C=O) groups is 1. The molecule has 3 aromatic rings. The second kappa shape index (κ2) is 6.92. The van der Waals surface area contributed by atoms with Crippen molar-refractivity contribution in [2.75, 3.05) is 13.1 Å². The maximum atomic E-state index is 12.6. The first-order valence-electron chi connectivity index (χ1n) is 9.55. The van der Waals surface area contributed by atoms with Crippen LogP contribution >= 0.6 is 0 Å². The van der Waals surface area contributed by atoms with Crippen molar-refractivity contribution in [1.29, 1.82) is 0 Å². The average molecular weight is 383 g/mol. The highest BCUT2D eigenvalue weighted by atomic mass is 16.6. The van der Waals surface area contributed by atoms with Gasteiger partial charge in [-0.25, -0.2) is 14.8 Å². The minimum Gasteiger partial charge on any atom is -0.444 e. The molecule has 0 spiro atoms. The van der Waals surface area contributed by atoms with Crippen LogP contribution in [0.3, 0.4) is 0 Å². The number of ether oxygens (including phenoxy) is 1. The summed E-state index contributed by atoms with van der Waals surface area (Å²) in [6, 6.07) is 1.90. The molecule has 148 valence electrons. The highest BCUT2D eigenvalue weighted by Crippen LogP contribution is 2.35. The molecule has 0 aromatic carbocycles. The van der Waals surface area contributed by atoms with Gasteiger partial charge in [-0.15, -0.1) is 0 Å². The highest BCUT2D eigenvalue weighted by molar-refractivity contribution is 5.69. The molecule has 4 rings (SSSR count). The number of aromatic nitrogens is 4. The first kappa shape index (κ1) is 18.5. The first-order chi connectivity index (χ1) is 13.3. The van der Waals surface area contributed by atoms with Crippen LogP contribution in [-0.4, -0.2) is 49.2 Å². The first-order valence-corrected chi connectivity index (χ1v) is 9.55. The van der Waals surface area contributed by atoms with Gasteiger partial charge in [0, 0.05) is 49.4 Å². The lowest BCUT2D eigenvalue weighted by Crippen LogP contribution is -2.42. The summed E-state index contributed by atoms with van der Waals surface area (Å²) < 4.78 is 13.1. The molecule has 1 aliphatic heterocycles. The molecule has 0 radical (unpaired) electrons. The van der Waals surface area contributed by atoms with Gasteiger partial charge in [0.2, 0.25) is 5.78 Å². The predicted octanol–water partition coefficient (Wildman–Crippen LogP) is 3.81. The molecular weight excluding hydrogens is 358 g/mol. The number of nitrogens with zero attached hydrogens (tertiary/aromatic N) is 5. The van der Waals surface area contributed by atoms with Crippen molar-refractivity contribution in [2.24, 2.45) is 0 Å². The normalized spacial score (nSPS) is 17.9. The van der Waals surface area contributed by atoms with E-state index in [9.17, 15) is 4.79 Å². The van der Waals surface area contributed by atoms with E-state index in [0.29, 0.717) is 24.6 Å². The SMILES string of the molecule is Cc1cc(-c2cnc3nccn3c2C2CCCN(C(=O)OC(C)(C)C)C2)on1. The molecule has 8 nitrogen and oxygen atoms in total. The molecule has 1 fully saturated rings. The zero-order valence-electron chi connectivity index (χ0n) is 16.7. The molecule has 3 aromatic heterocycles. The van der Waals surface area contributed by atoms with E-state index in [-0.39, 0.29) is 12.0 Å². The zero-order chi connectivity index (χ0) is 19.9. The summed E-state index contributed by atoms with van der Waals surface area (Å²) in [6.07, 6.45) is 7.00. The van der Waals surface area contributed by atoms with E-state index in [1.807, 2.05) is 44.4 Å². The van der Waals surface area contributed by atoms with Crippen LogP contribution in [0, 0.1) is 6.92 Å². The third-order valence-electron chi connectivity index (χ3n) is 4.82. The summed E-state index contributed by atoms with van der Waals surface area (Å²) in [5.74, 6) is 1.41. The van der Waals surface area contributed by atoms with Crippen LogP contribution in [-0.2, 0) is 4.74 Å². The number of fused-ring (bicyclic) bond motifs is 1. The van der Waals surface area contributed by atoms with Crippen LogP contribution in [0.5, 0.6) is 0 Å². The quantitative estimate of drug-likeness (QED) is 0.669. The Bertz CT molecular complexity index is 1000. The maximum Gasteiger partial charge on any atom is 0.410 e. The van der Waals surface area contributed by atoms with Gasteiger partial charge in [0.15, 0.2) is 5.76 Å². The van der Waals surface area contributed by atoms with E-state index in [1.165, 1.54) is 0 Å². The lowest BCUT2D eigenvalue weighted by molar-refractivity contribution is 0.0197. The van der Waals surface area contributed by atoms with Gasteiger partial charge in [-0.1, -0.05) is 5.16 Å². The van der Waals surface area contributed by atoms with Gasteiger partial charge in [0.05, 0.1) is 11.3 Å². The van der Waals surface area contributed by atoms with E-state index in [2.05, 4.69) is 15.1 Å². The Labute approximate surface area is 163 Å². The van der Waals surface area contributed by atoms with Crippen molar-refractivity contribution in [3.63, 3.8) is 0 Å². The van der Waals surface area contributed by atoms with Crippen LogP contribution in [0.2, 0.25) is 0 Å². The van der Waals surface area contributed by atoms with Gasteiger partial charge in [-0.3, -0.25) is 4.40 Å². The molecule has 1 unspecified atom stereocenters. The molecule has 28 heavy (non-hydrogen) atoms. The molecule has 1 aliphatic rings. The molecule has 1 atom stereocenters. The minimum absolute atomic E-state index is 0.112. The van der Waals surface area contributed by atoms with E-state index < -0.39 is 5.60 Å². The van der Waals surface area contributed by atoms with E-state index >= 15 is 0 Å². The third-order valence-corrected chi connectivity index (χ3v) is 4.82. The van der Waals surface area contributed by atoms with Crippen molar-refractivity contribution >= 4 is 11.9 Å². The number of rotatable bonds is 2. The summed E-state index contributed by atoms with van der Waals surface area (Å²) in [6.45, 7) is 8.81. The number of piperidine rings is 1. The number of likely N-dealkylation sites (tertiary alicyclic amines) is 1. The van der Waals surface area contributed by atoms with Gasteiger partial charge < -0.3 is 14.2 Å². The molecule has 0 bridgehead atoms. The van der Waals surface area contributed by atoms with Crippen molar-refractivity contribution in [1.82, 2.24) is 24.4 Å². The van der Waals surface area contributed by atoms with Crippen molar-refractivity contribution in [3.05, 3.63) is 36.0 Å². The molecule has 0 saturated carbocycles. The van der Waals surface area contributed by atoms with Crippen LogP contribution in [0.4, 0.5) is 4.79 Å². The lowest BCUT2D eigenvalue weighted by atomic mass is 9.91. The highest BCUT2D eigenvalue weighted by Gasteiger charge is 2.31.